The Morgan fingerprint density at radius 1 is 1.30 bits per heavy atom. The van der Waals surface area contributed by atoms with Crippen LogP contribution in [0.3, 0.4) is 0 Å². The molecule has 1 saturated carbocycles. The number of rotatable bonds is 12. The van der Waals surface area contributed by atoms with Crippen molar-refractivity contribution < 1.29 is 23.5 Å². The fourth-order valence-electron chi connectivity index (χ4n) is 2.92. The zero-order chi connectivity index (χ0) is 21.3. The van der Waals surface area contributed by atoms with Crippen molar-refractivity contribution in [3.63, 3.8) is 0 Å². The molecule has 0 saturated heterocycles. The third-order valence-corrected chi connectivity index (χ3v) is 4.98. The van der Waals surface area contributed by atoms with Crippen molar-refractivity contribution in [1.29, 1.82) is 0 Å². The van der Waals surface area contributed by atoms with Gasteiger partial charge < -0.3 is 24.1 Å². The highest BCUT2D eigenvalue weighted by atomic mass is 16.5. The third-order valence-electron chi connectivity index (χ3n) is 4.98. The fourth-order valence-corrected chi connectivity index (χ4v) is 2.92. The van der Waals surface area contributed by atoms with Gasteiger partial charge in [-0.3, -0.25) is 4.79 Å². The largest absolute Gasteiger partial charge is 0.493 e. The Bertz CT molecular complexity index is 851. The molecule has 0 spiro atoms. The molecule has 1 fully saturated rings. The van der Waals surface area contributed by atoms with Crippen LogP contribution in [0.4, 0.5) is 0 Å². The summed E-state index contributed by atoms with van der Waals surface area (Å²) in [5.74, 6) is 2.59. The Kier molecular flexibility index (Phi) is 7.90. The molecule has 1 amide bonds. The van der Waals surface area contributed by atoms with Gasteiger partial charge in [0.1, 0.15) is 12.4 Å². The molecular weight excluding hydrogens is 384 g/mol. The van der Waals surface area contributed by atoms with Crippen molar-refractivity contribution in [3.8, 4) is 11.5 Å². The maximum atomic E-state index is 12.0. The smallest absolute Gasteiger partial charge is 0.244 e. The molecule has 1 aromatic heterocycles. The first-order valence-electron chi connectivity index (χ1n) is 10.3. The normalized spacial score (nSPS) is 13.6. The van der Waals surface area contributed by atoms with Crippen LogP contribution in [-0.4, -0.2) is 37.9 Å². The van der Waals surface area contributed by atoms with Crippen molar-refractivity contribution in [1.82, 2.24) is 10.5 Å². The second-order valence-corrected chi connectivity index (χ2v) is 7.50. The number of ether oxygens (including phenoxy) is 3. The van der Waals surface area contributed by atoms with E-state index in [1.54, 1.807) is 13.2 Å². The predicted molar refractivity (Wildman–Crippen MR) is 114 cm³/mol. The lowest BCUT2D eigenvalue weighted by atomic mass is 10.2. The van der Waals surface area contributed by atoms with Gasteiger partial charge in [-0.15, -0.1) is 0 Å². The fraction of sp³-hybridized carbons (Fsp3) is 0.478. The Morgan fingerprint density at radius 2 is 2.13 bits per heavy atom. The van der Waals surface area contributed by atoms with E-state index in [2.05, 4.69) is 10.5 Å². The van der Waals surface area contributed by atoms with Gasteiger partial charge in [0.25, 0.3) is 0 Å². The molecule has 30 heavy (non-hydrogen) atoms. The molecule has 0 radical (unpaired) electrons. The summed E-state index contributed by atoms with van der Waals surface area (Å²) in [5.41, 5.74) is 2.58. The van der Waals surface area contributed by atoms with E-state index in [1.807, 2.05) is 32.0 Å². The van der Waals surface area contributed by atoms with Gasteiger partial charge in [-0.1, -0.05) is 11.2 Å². The Hall–Kier alpha value is -2.80. The number of nitrogens with zero attached hydrogens (tertiary/aromatic N) is 1. The van der Waals surface area contributed by atoms with Crippen molar-refractivity contribution in [2.24, 2.45) is 5.92 Å². The van der Waals surface area contributed by atoms with E-state index >= 15 is 0 Å². The number of methoxy groups -OCH3 is 1. The van der Waals surface area contributed by atoms with Gasteiger partial charge in [-0.05, 0) is 62.8 Å². The molecule has 1 aromatic carbocycles. The van der Waals surface area contributed by atoms with Gasteiger partial charge in [0.15, 0.2) is 11.5 Å². The molecular formula is C23H30N2O5. The number of nitrogens with one attached hydrogen (secondary N) is 1. The minimum absolute atomic E-state index is 0.130. The number of hydrogen-bond donors (Lipinski definition) is 1. The lowest BCUT2D eigenvalue weighted by molar-refractivity contribution is -0.116. The minimum Gasteiger partial charge on any atom is -0.493 e. The van der Waals surface area contributed by atoms with Crippen LogP contribution >= 0.6 is 0 Å². The topological polar surface area (TPSA) is 82.8 Å². The van der Waals surface area contributed by atoms with Gasteiger partial charge in [-0.25, -0.2) is 0 Å². The summed E-state index contributed by atoms with van der Waals surface area (Å²) in [6.07, 6.45) is 6.67. The summed E-state index contributed by atoms with van der Waals surface area (Å²) in [4.78, 5) is 12.0. The van der Waals surface area contributed by atoms with Crippen molar-refractivity contribution in [2.75, 3.05) is 26.9 Å². The molecule has 1 aliphatic carbocycles. The number of carbonyl (C=O) groups excluding carboxylic acids is 1. The molecule has 0 unspecified atom stereocenters. The van der Waals surface area contributed by atoms with Gasteiger partial charge >= 0.3 is 0 Å². The average molecular weight is 415 g/mol. The third kappa shape index (κ3) is 6.62. The Balaban J connectivity index is 1.45. The van der Waals surface area contributed by atoms with Crippen LogP contribution in [0.1, 0.15) is 41.8 Å². The van der Waals surface area contributed by atoms with Crippen LogP contribution in [-0.2, 0) is 16.1 Å². The number of hydrogen-bond acceptors (Lipinski definition) is 6. The lowest BCUT2D eigenvalue weighted by Crippen LogP contribution is -2.23. The summed E-state index contributed by atoms with van der Waals surface area (Å²) in [7, 11) is 1.59. The first kappa shape index (κ1) is 21.9. The molecule has 0 aliphatic heterocycles. The molecule has 0 atom stereocenters. The number of aromatic nitrogens is 1. The molecule has 1 heterocycles. The number of aryl methyl sites for hydroxylation is 2. The molecule has 2 aromatic rings. The molecule has 1 aliphatic rings. The summed E-state index contributed by atoms with van der Waals surface area (Å²) in [5, 5.41) is 6.80. The summed E-state index contributed by atoms with van der Waals surface area (Å²) >= 11 is 0. The molecule has 7 heteroatoms. The van der Waals surface area contributed by atoms with Crippen LogP contribution in [0.2, 0.25) is 0 Å². The molecule has 7 nitrogen and oxygen atoms in total. The maximum absolute atomic E-state index is 12.0. The van der Waals surface area contributed by atoms with Crippen LogP contribution < -0.4 is 14.8 Å². The van der Waals surface area contributed by atoms with Crippen molar-refractivity contribution in [2.45, 2.75) is 39.7 Å². The first-order chi connectivity index (χ1) is 14.6. The van der Waals surface area contributed by atoms with Gasteiger partial charge in [-0.2, -0.15) is 0 Å². The number of carbonyl (C=O) groups is 1. The van der Waals surface area contributed by atoms with Crippen LogP contribution in [0.15, 0.2) is 28.8 Å². The highest BCUT2D eigenvalue weighted by Gasteiger charge is 2.20. The highest BCUT2D eigenvalue weighted by molar-refractivity contribution is 5.91. The molecule has 3 rings (SSSR count). The summed E-state index contributed by atoms with van der Waals surface area (Å²) in [6, 6.07) is 5.53. The first-order valence-corrected chi connectivity index (χ1v) is 10.3. The van der Waals surface area contributed by atoms with Gasteiger partial charge in [0.05, 0.1) is 18.4 Å². The lowest BCUT2D eigenvalue weighted by Gasteiger charge is -2.11. The number of benzene rings is 1. The van der Waals surface area contributed by atoms with E-state index in [9.17, 15) is 4.79 Å². The monoisotopic (exact) mass is 414 g/mol. The quantitative estimate of drug-likeness (QED) is 0.420. The standard InChI is InChI=1S/C23H30N2O5/c1-16-20(17(2)30-25-16)15-29-21-9-7-18(13-22(21)27-3)8-10-23(26)24-11-4-12-28-14-19-5-6-19/h7-10,13,19H,4-6,11-12,14-15H2,1-3H3,(H,24,26)/b10-8+. The van der Waals surface area contributed by atoms with Crippen LogP contribution in [0.5, 0.6) is 11.5 Å². The van der Waals surface area contributed by atoms with Crippen molar-refractivity contribution >= 4 is 12.0 Å². The van der Waals surface area contributed by atoms with E-state index < -0.39 is 0 Å². The molecule has 0 bridgehead atoms. The molecule has 162 valence electrons. The zero-order valence-electron chi connectivity index (χ0n) is 17.9. The SMILES string of the molecule is COc1cc(/C=C/C(=O)NCCCOCC2CC2)ccc1OCc1c(C)noc1C. The Morgan fingerprint density at radius 3 is 2.83 bits per heavy atom. The second kappa shape index (κ2) is 10.8. The number of amides is 1. The maximum Gasteiger partial charge on any atom is 0.244 e. The van der Waals surface area contributed by atoms with E-state index in [0.717, 1.165) is 41.5 Å². The molecule has 1 N–H and O–H groups in total. The van der Waals surface area contributed by atoms with E-state index in [1.165, 1.54) is 18.9 Å². The van der Waals surface area contributed by atoms with Gasteiger partial charge in [0.2, 0.25) is 5.91 Å². The summed E-state index contributed by atoms with van der Waals surface area (Å²) < 4.78 is 22.0. The zero-order valence-corrected chi connectivity index (χ0v) is 17.9. The van der Waals surface area contributed by atoms with Crippen LogP contribution in [0, 0.1) is 19.8 Å². The van der Waals surface area contributed by atoms with Crippen molar-refractivity contribution in [3.05, 3.63) is 46.9 Å². The Labute approximate surface area is 177 Å². The predicted octanol–water partition coefficient (Wildman–Crippen LogP) is 3.83. The summed E-state index contributed by atoms with van der Waals surface area (Å²) in [6.45, 7) is 6.23. The van der Waals surface area contributed by atoms with E-state index in [-0.39, 0.29) is 5.91 Å². The van der Waals surface area contributed by atoms with E-state index in [0.29, 0.717) is 31.3 Å². The average Bonchev–Trinajstić information content (AvgIpc) is 3.52. The second-order valence-electron chi connectivity index (χ2n) is 7.50. The highest BCUT2D eigenvalue weighted by Crippen LogP contribution is 2.30. The van der Waals surface area contributed by atoms with Crippen LogP contribution in [0.25, 0.3) is 6.08 Å². The van der Waals surface area contributed by atoms with E-state index in [4.69, 9.17) is 18.7 Å². The minimum atomic E-state index is -0.130. The van der Waals surface area contributed by atoms with Gasteiger partial charge in [0, 0.05) is 25.8 Å².